The fourth-order valence-electron chi connectivity index (χ4n) is 8.12. The molecular formula is C33H37NO5S. The third kappa shape index (κ3) is 4.77. The highest BCUT2D eigenvalue weighted by Gasteiger charge is 2.52. The monoisotopic (exact) mass is 559 g/mol. The zero-order valence-corrected chi connectivity index (χ0v) is 24.7. The summed E-state index contributed by atoms with van der Waals surface area (Å²) in [5.74, 6) is 3.38. The van der Waals surface area contributed by atoms with Crippen LogP contribution >= 0.6 is 11.9 Å². The van der Waals surface area contributed by atoms with E-state index in [4.69, 9.17) is 14.2 Å². The summed E-state index contributed by atoms with van der Waals surface area (Å²) in [6.07, 6.45) is 7.96. The average Bonchev–Trinajstić information content (AvgIpc) is 2.92. The van der Waals surface area contributed by atoms with Crippen LogP contribution in [0.4, 0.5) is 4.79 Å². The maximum atomic E-state index is 12.6. The van der Waals surface area contributed by atoms with Crippen molar-refractivity contribution in [2.75, 3.05) is 28.3 Å². The number of carbonyl (C=O) groups is 2. The summed E-state index contributed by atoms with van der Waals surface area (Å²) >= 11 is 0.958. The number of aryl methyl sites for hydroxylation is 1. The van der Waals surface area contributed by atoms with Gasteiger partial charge in [-0.1, -0.05) is 18.2 Å². The molecule has 4 bridgehead atoms. The Morgan fingerprint density at radius 3 is 2.08 bits per heavy atom. The summed E-state index contributed by atoms with van der Waals surface area (Å²) < 4.78 is 18.4. The van der Waals surface area contributed by atoms with Crippen molar-refractivity contribution >= 4 is 34.0 Å². The molecule has 0 aromatic heterocycles. The van der Waals surface area contributed by atoms with Gasteiger partial charge in [-0.3, -0.25) is 0 Å². The second-order valence-electron chi connectivity index (χ2n) is 12.2. The third-order valence-electron chi connectivity index (χ3n) is 9.37. The molecule has 210 valence electrons. The number of carbonyl (C=O) groups excluding carboxylic acids is 2. The number of hydrogen-bond acceptors (Lipinski definition) is 7. The molecule has 0 amide bonds. The van der Waals surface area contributed by atoms with Crippen molar-refractivity contribution < 1.29 is 23.8 Å². The van der Waals surface area contributed by atoms with E-state index in [1.165, 1.54) is 51.2 Å². The molecule has 7 heteroatoms. The molecule has 4 aliphatic rings. The van der Waals surface area contributed by atoms with Crippen LogP contribution in [0.5, 0.6) is 11.5 Å². The van der Waals surface area contributed by atoms with Gasteiger partial charge in [0, 0.05) is 22.9 Å². The van der Waals surface area contributed by atoms with Crippen LogP contribution in [0.25, 0.3) is 21.9 Å². The molecule has 7 rings (SSSR count). The second kappa shape index (κ2) is 10.4. The molecule has 6 nitrogen and oxygen atoms in total. The Bertz CT molecular complexity index is 1460. The molecule has 0 aliphatic heterocycles. The lowest BCUT2D eigenvalue weighted by atomic mass is 9.48. The minimum atomic E-state index is -0.468. The molecule has 0 radical (unpaired) electrons. The minimum Gasteiger partial charge on any atom is -0.496 e. The smallest absolute Gasteiger partial charge is 0.388 e. The topological polar surface area (TPSA) is 65.1 Å². The van der Waals surface area contributed by atoms with E-state index in [2.05, 4.69) is 30.3 Å². The summed E-state index contributed by atoms with van der Waals surface area (Å²) in [5.41, 5.74) is 4.86. The molecule has 40 heavy (non-hydrogen) atoms. The first-order valence-electron chi connectivity index (χ1n) is 14.1. The molecule has 0 saturated heterocycles. The summed E-state index contributed by atoms with van der Waals surface area (Å²) in [6, 6.07) is 14.4. The Kier molecular flexibility index (Phi) is 7.07. The van der Waals surface area contributed by atoms with Gasteiger partial charge in [0.25, 0.3) is 0 Å². The van der Waals surface area contributed by atoms with Crippen molar-refractivity contribution in [1.82, 2.24) is 4.31 Å². The molecule has 0 atom stereocenters. The van der Waals surface area contributed by atoms with Crippen molar-refractivity contribution in [3.05, 3.63) is 59.2 Å². The quantitative estimate of drug-likeness (QED) is 0.226. The number of rotatable bonds is 6. The lowest BCUT2D eigenvalue weighted by Crippen LogP contribution is -2.48. The summed E-state index contributed by atoms with van der Waals surface area (Å²) in [7, 11) is 6.70. The van der Waals surface area contributed by atoms with Crippen LogP contribution in [0.3, 0.4) is 0 Å². The third-order valence-corrected chi connectivity index (χ3v) is 9.96. The van der Waals surface area contributed by atoms with Crippen LogP contribution in [0, 0.1) is 24.7 Å². The Labute approximate surface area is 240 Å². The largest absolute Gasteiger partial charge is 0.496 e. The van der Waals surface area contributed by atoms with Crippen molar-refractivity contribution in [3.8, 4) is 22.6 Å². The van der Waals surface area contributed by atoms with Gasteiger partial charge < -0.3 is 14.2 Å². The normalized spacial score (nSPS) is 24.9. The van der Waals surface area contributed by atoms with E-state index < -0.39 is 11.3 Å². The lowest BCUT2D eigenvalue weighted by molar-refractivity contribution is -0.00613. The first-order chi connectivity index (χ1) is 19.2. The van der Waals surface area contributed by atoms with Gasteiger partial charge in [-0.2, -0.15) is 0 Å². The molecule has 0 N–H and O–H groups in total. The fourth-order valence-corrected chi connectivity index (χ4v) is 8.55. The molecule has 0 unspecified atom stereocenters. The molecular weight excluding hydrogens is 522 g/mol. The molecule has 4 fully saturated rings. The van der Waals surface area contributed by atoms with Crippen molar-refractivity contribution in [1.29, 1.82) is 0 Å². The Balaban J connectivity index is 1.45. The molecule has 3 aromatic rings. The van der Waals surface area contributed by atoms with E-state index in [1.54, 1.807) is 31.6 Å². The van der Waals surface area contributed by atoms with Gasteiger partial charge in [0.15, 0.2) is 0 Å². The number of hydrogen-bond donors (Lipinski definition) is 0. The number of esters is 1. The number of fused-ring (bicyclic) bond motifs is 1. The number of ether oxygens (including phenoxy) is 3. The van der Waals surface area contributed by atoms with E-state index >= 15 is 0 Å². The Morgan fingerprint density at radius 1 is 0.850 bits per heavy atom. The van der Waals surface area contributed by atoms with Crippen LogP contribution in [0.1, 0.15) is 60.0 Å². The summed E-state index contributed by atoms with van der Waals surface area (Å²) in [5, 5.41) is 1.16. The van der Waals surface area contributed by atoms with Crippen molar-refractivity contribution in [2.24, 2.45) is 17.8 Å². The highest BCUT2D eigenvalue weighted by molar-refractivity contribution is 8.11. The van der Waals surface area contributed by atoms with Crippen LogP contribution in [0.15, 0.2) is 42.5 Å². The average molecular weight is 560 g/mol. The zero-order valence-electron chi connectivity index (χ0n) is 23.9. The van der Waals surface area contributed by atoms with Gasteiger partial charge in [-0.05, 0) is 129 Å². The second-order valence-corrected chi connectivity index (χ2v) is 13.4. The van der Waals surface area contributed by atoms with Gasteiger partial charge in [0.2, 0.25) is 0 Å². The van der Waals surface area contributed by atoms with Gasteiger partial charge >= 0.3 is 11.3 Å². The van der Waals surface area contributed by atoms with Crippen LogP contribution in [-0.4, -0.2) is 43.9 Å². The van der Waals surface area contributed by atoms with E-state index in [0.29, 0.717) is 11.3 Å². The summed E-state index contributed by atoms with van der Waals surface area (Å²) in [4.78, 5) is 25.2. The Hall–Kier alpha value is -3.03. The van der Waals surface area contributed by atoms with Gasteiger partial charge in [-0.15, -0.1) is 0 Å². The first-order valence-corrected chi connectivity index (χ1v) is 14.9. The summed E-state index contributed by atoms with van der Waals surface area (Å²) in [6.45, 7) is 1.90. The number of nitrogens with zero attached hydrogens (tertiary/aromatic N) is 1. The standard InChI is InChI=1S/C33H37NO5S/c1-19-25-8-6-23(13-27(25)30(15-26(19)31(35)38-5)39-32(36)40-34(2)3)24-7-9-29(37-4)28(14-24)33-16-20-10-21(17-33)12-22(11-20)18-33/h6-9,13-15,20-22H,10-12,16-18H2,1-5H3. The van der Waals surface area contributed by atoms with Crippen LogP contribution in [-0.2, 0) is 10.2 Å². The van der Waals surface area contributed by atoms with E-state index in [0.717, 1.165) is 62.9 Å². The number of methoxy groups -OCH3 is 2. The molecule has 0 heterocycles. The van der Waals surface area contributed by atoms with Crippen molar-refractivity contribution in [2.45, 2.75) is 50.9 Å². The molecule has 4 aliphatic carbocycles. The number of benzene rings is 3. The predicted octanol–water partition coefficient (Wildman–Crippen LogP) is 7.79. The maximum absolute atomic E-state index is 12.6. The first kappa shape index (κ1) is 27.2. The fraction of sp³-hybridized carbons (Fsp3) is 0.455. The lowest BCUT2D eigenvalue weighted by Gasteiger charge is -2.57. The van der Waals surface area contributed by atoms with E-state index in [9.17, 15) is 9.59 Å². The van der Waals surface area contributed by atoms with E-state index in [-0.39, 0.29) is 5.41 Å². The van der Waals surface area contributed by atoms with Crippen LogP contribution < -0.4 is 9.47 Å². The highest BCUT2D eigenvalue weighted by Crippen LogP contribution is 2.62. The maximum Gasteiger partial charge on any atom is 0.388 e. The zero-order chi connectivity index (χ0) is 28.2. The molecule has 0 spiro atoms. The Morgan fingerprint density at radius 2 is 1.48 bits per heavy atom. The van der Waals surface area contributed by atoms with Gasteiger partial charge in [0.1, 0.15) is 11.5 Å². The van der Waals surface area contributed by atoms with Crippen LogP contribution in [0.2, 0.25) is 0 Å². The highest BCUT2D eigenvalue weighted by atomic mass is 32.2. The van der Waals surface area contributed by atoms with Gasteiger partial charge in [-0.25, -0.2) is 13.9 Å². The SMILES string of the molecule is COC(=O)c1cc(OC(=O)SN(C)C)c2cc(-c3ccc(OC)c(C45CC6CC(CC(C6)C4)C5)c3)ccc2c1C. The minimum absolute atomic E-state index is 0.197. The van der Waals surface area contributed by atoms with E-state index in [1.807, 2.05) is 13.0 Å². The predicted molar refractivity (Wildman–Crippen MR) is 159 cm³/mol. The molecule has 4 saturated carbocycles. The van der Waals surface area contributed by atoms with Crippen molar-refractivity contribution in [3.63, 3.8) is 0 Å². The van der Waals surface area contributed by atoms with Gasteiger partial charge in [0.05, 0.1) is 19.8 Å². The molecule has 3 aromatic carbocycles.